The molecule has 0 bridgehead atoms. The van der Waals surface area contributed by atoms with E-state index in [9.17, 15) is 14.3 Å². The smallest absolute Gasteiger partial charge is 0.308 e. The predicted molar refractivity (Wildman–Crippen MR) is 118 cm³/mol. The molecular weight excluding hydrogens is 385 g/mol. The van der Waals surface area contributed by atoms with Crippen molar-refractivity contribution in [1.29, 1.82) is 0 Å². The number of benzene rings is 1. The monoisotopic (exact) mass is 417 g/mol. The third-order valence-electron chi connectivity index (χ3n) is 4.76. The molecule has 2 unspecified atom stereocenters. The van der Waals surface area contributed by atoms with Gasteiger partial charge in [-0.05, 0) is 44.3 Å². The number of aliphatic hydroxyl groups excluding tert-OH is 1. The molecule has 1 N–H and O–H groups in total. The molecule has 0 radical (unpaired) electrons. The van der Waals surface area contributed by atoms with E-state index in [4.69, 9.17) is 9.73 Å². The quantitative estimate of drug-likeness (QED) is 0.521. The van der Waals surface area contributed by atoms with E-state index in [1.807, 2.05) is 25.1 Å². The number of cyclic esters (lactones) is 1. The van der Waals surface area contributed by atoms with Gasteiger partial charge in [0.25, 0.3) is 0 Å². The maximum Gasteiger partial charge on any atom is 0.308 e. The molecule has 1 heterocycles. The van der Waals surface area contributed by atoms with E-state index in [0.717, 1.165) is 16.8 Å². The number of nitrogens with zero attached hydrogens (tertiary/aromatic N) is 3. The van der Waals surface area contributed by atoms with Gasteiger partial charge in [-0.25, -0.2) is 4.39 Å². The molecule has 7 heteroatoms. The van der Waals surface area contributed by atoms with Crippen LogP contribution < -0.4 is 0 Å². The predicted octanol–water partition coefficient (Wildman–Crippen LogP) is 3.24. The van der Waals surface area contributed by atoms with Gasteiger partial charge < -0.3 is 9.84 Å². The summed E-state index contributed by atoms with van der Waals surface area (Å²) in [5.74, 6) is -0.580. The first-order valence-electron chi connectivity index (χ1n) is 10.2. The molecule has 30 heavy (non-hydrogen) atoms. The van der Waals surface area contributed by atoms with E-state index in [2.05, 4.69) is 18.8 Å². The van der Waals surface area contributed by atoms with Gasteiger partial charge >= 0.3 is 5.97 Å². The minimum Gasteiger partial charge on any atom is -0.462 e. The minimum absolute atomic E-state index is 0.0336. The van der Waals surface area contributed by atoms with E-state index >= 15 is 0 Å². The molecule has 1 saturated heterocycles. The van der Waals surface area contributed by atoms with Crippen LogP contribution in [0.3, 0.4) is 0 Å². The maximum absolute atomic E-state index is 13.5. The molecule has 1 aromatic rings. The van der Waals surface area contributed by atoms with E-state index in [1.165, 1.54) is 12.1 Å². The minimum atomic E-state index is -0.684. The Hall–Kier alpha value is -2.38. The van der Waals surface area contributed by atoms with Crippen molar-refractivity contribution in [3.8, 4) is 0 Å². The Balaban J connectivity index is 2.45. The Kier molecular flexibility index (Phi) is 8.87. The lowest BCUT2D eigenvalue weighted by Crippen LogP contribution is -2.32. The fourth-order valence-corrected chi connectivity index (χ4v) is 3.39. The zero-order valence-electron chi connectivity index (χ0n) is 18.4. The normalized spacial score (nSPS) is 21.4. The lowest BCUT2D eigenvalue weighted by Gasteiger charge is -2.26. The number of ether oxygens (including phenoxy) is 1. The second-order valence-corrected chi connectivity index (χ2v) is 8.06. The summed E-state index contributed by atoms with van der Waals surface area (Å²) in [6.07, 6.45) is 1.76. The summed E-state index contributed by atoms with van der Waals surface area (Å²) < 4.78 is 18.9. The first kappa shape index (κ1) is 23.9. The van der Waals surface area contributed by atoms with Gasteiger partial charge in [0, 0.05) is 36.7 Å². The summed E-state index contributed by atoms with van der Waals surface area (Å²) in [6, 6.07) is 6.20. The highest BCUT2D eigenvalue weighted by molar-refractivity contribution is 6.30. The Labute approximate surface area is 178 Å². The second kappa shape index (κ2) is 11.1. The molecule has 1 aliphatic rings. The molecule has 0 aromatic heterocycles. The number of hydrogen-bond acceptors (Lipinski definition) is 6. The average Bonchev–Trinajstić information content (AvgIpc) is 2.66. The van der Waals surface area contributed by atoms with Crippen LogP contribution in [0.1, 0.15) is 38.7 Å². The summed E-state index contributed by atoms with van der Waals surface area (Å²) in [5, 5.41) is 9.91. The number of esters is 1. The Morgan fingerprint density at radius 3 is 2.53 bits per heavy atom. The van der Waals surface area contributed by atoms with Gasteiger partial charge in [0.1, 0.15) is 11.9 Å². The third kappa shape index (κ3) is 6.85. The van der Waals surface area contributed by atoms with E-state index in [1.54, 1.807) is 19.2 Å². The van der Waals surface area contributed by atoms with Crippen LogP contribution in [0.15, 0.2) is 45.9 Å². The molecule has 1 aliphatic heterocycles. The van der Waals surface area contributed by atoms with Crippen molar-refractivity contribution in [3.05, 3.63) is 47.3 Å². The lowest BCUT2D eigenvalue weighted by atomic mass is 9.90. The van der Waals surface area contributed by atoms with Crippen molar-refractivity contribution in [3.63, 3.8) is 0 Å². The van der Waals surface area contributed by atoms with Crippen molar-refractivity contribution in [2.24, 2.45) is 15.9 Å². The van der Waals surface area contributed by atoms with Gasteiger partial charge in [0.15, 0.2) is 0 Å². The molecule has 1 aromatic carbocycles. The van der Waals surface area contributed by atoms with Crippen LogP contribution >= 0.6 is 0 Å². The van der Waals surface area contributed by atoms with Crippen molar-refractivity contribution in [2.45, 2.75) is 45.3 Å². The fourth-order valence-electron chi connectivity index (χ4n) is 3.39. The molecule has 164 valence electrons. The van der Waals surface area contributed by atoms with Gasteiger partial charge in [-0.15, -0.1) is 0 Å². The lowest BCUT2D eigenvalue weighted by molar-refractivity contribution is -0.159. The first-order valence-corrected chi connectivity index (χ1v) is 10.2. The van der Waals surface area contributed by atoms with Crippen LogP contribution in [0, 0.1) is 11.7 Å². The summed E-state index contributed by atoms with van der Waals surface area (Å²) in [5.41, 5.74) is 3.18. The number of carbonyl (C=O) groups is 1. The van der Waals surface area contributed by atoms with E-state index in [0.29, 0.717) is 25.2 Å². The average molecular weight is 418 g/mol. The number of aliphatic hydroxyl groups is 1. The number of hydrogen-bond donors (Lipinski definition) is 1. The number of aliphatic imine (C=N–C) groups is 2. The highest BCUT2D eigenvalue weighted by Crippen LogP contribution is 2.22. The van der Waals surface area contributed by atoms with Crippen molar-refractivity contribution in [1.82, 2.24) is 4.90 Å². The van der Waals surface area contributed by atoms with E-state index < -0.39 is 12.2 Å². The summed E-state index contributed by atoms with van der Waals surface area (Å²) in [4.78, 5) is 22.9. The molecule has 1 fully saturated rings. The molecule has 0 saturated carbocycles. The van der Waals surface area contributed by atoms with E-state index in [-0.39, 0.29) is 24.1 Å². The Morgan fingerprint density at radius 1 is 1.33 bits per heavy atom. The number of halogens is 1. The SMILES string of the molecule is CN=C(/C(=C/CC1CC(O)CC(=O)O1)C(=NCN(C)C)C(C)C)c1ccc(F)cc1. The van der Waals surface area contributed by atoms with Crippen LogP contribution in [0.4, 0.5) is 4.39 Å². The molecule has 6 nitrogen and oxygen atoms in total. The first-order chi connectivity index (χ1) is 14.2. The maximum atomic E-state index is 13.5. The summed E-state index contributed by atoms with van der Waals surface area (Å²) in [7, 11) is 5.59. The zero-order valence-corrected chi connectivity index (χ0v) is 18.4. The van der Waals surface area contributed by atoms with Crippen molar-refractivity contribution < 1.29 is 19.0 Å². The molecule has 0 spiro atoms. The molecular formula is C23H32FN3O3. The second-order valence-electron chi connectivity index (χ2n) is 8.06. The van der Waals surface area contributed by atoms with Crippen LogP contribution in [-0.2, 0) is 9.53 Å². The molecule has 0 aliphatic carbocycles. The highest BCUT2D eigenvalue weighted by atomic mass is 19.1. The standard InChI is InChI=1S/C23H32FN3O3/c1-15(2)22(26-14-27(4)5)20(11-10-19-12-18(28)13-21(29)30-19)23(25-3)16-6-8-17(24)9-7-16/h6-9,11,15,18-19,28H,10,12-14H2,1-5H3/b20-11+,25-23?,26-22?. The topological polar surface area (TPSA) is 74.5 Å². The molecule has 2 rings (SSSR count). The van der Waals surface area contributed by atoms with Crippen LogP contribution in [-0.4, -0.2) is 67.4 Å². The largest absolute Gasteiger partial charge is 0.462 e. The van der Waals surface area contributed by atoms with Crippen LogP contribution in [0.2, 0.25) is 0 Å². The Morgan fingerprint density at radius 2 is 2.00 bits per heavy atom. The van der Waals surface area contributed by atoms with Crippen molar-refractivity contribution >= 4 is 17.4 Å². The Bertz CT molecular complexity index is 813. The van der Waals surface area contributed by atoms with Crippen LogP contribution in [0.25, 0.3) is 0 Å². The number of rotatable bonds is 8. The zero-order chi connectivity index (χ0) is 22.3. The van der Waals surface area contributed by atoms with Gasteiger partial charge in [0.05, 0.1) is 24.9 Å². The number of allylic oxidation sites excluding steroid dienone is 1. The summed E-state index contributed by atoms with van der Waals surface area (Å²) in [6.45, 7) is 4.64. The highest BCUT2D eigenvalue weighted by Gasteiger charge is 2.27. The van der Waals surface area contributed by atoms with Gasteiger partial charge in [0.2, 0.25) is 0 Å². The van der Waals surface area contributed by atoms with Gasteiger partial charge in [-0.2, -0.15) is 0 Å². The third-order valence-corrected chi connectivity index (χ3v) is 4.76. The fraction of sp³-hybridized carbons (Fsp3) is 0.522. The van der Waals surface area contributed by atoms with Crippen LogP contribution in [0.5, 0.6) is 0 Å². The van der Waals surface area contributed by atoms with Gasteiger partial charge in [-0.1, -0.05) is 19.9 Å². The van der Waals surface area contributed by atoms with Gasteiger partial charge in [-0.3, -0.25) is 19.7 Å². The molecule has 0 amide bonds. The van der Waals surface area contributed by atoms with Crippen molar-refractivity contribution in [2.75, 3.05) is 27.8 Å². The molecule has 2 atom stereocenters. The summed E-state index contributed by atoms with van der Waals surface area (Å²) >= 11 is 0. The number of carbonyl (C=O) groups excluding carboxylic acids is 1.